The molecule has 0 saturated carbocycles. The van der Waals surface area contributed by atoms with Gasteiger partial charge in [-0.25, -0.2) is 0 Å². The average molecular weight is 295 g/mol. The molecule has 0 amide bonds. The lowest BCUT2D eigenvalue weighted by Gasteiger charge is -2.32. The number of nitro groups is 1. The molecule has 0 aromatic heterocycles. The lowest BCUT2D eigenvalue weighted by molar-refractivity contribution is -0.387. The van der Waals surface area contributed by atoms with Crippen molar-refractivity contribution < 1.29 is 9.31 Å². The van der Waals surface area contributed by atoms with E-state index in [4.69, 9.17) is 0 Å². The van der Waals surface area contributed by atoms with E-state index in [9.17, 15) is 14.5 Å². The number of hydrogen-bond donors (Lipinski definition) is 1. The van der Waals surface area contributed by atoms with Gasteiger partial charge in [0.05, 0.1) is 4.92 Å². The van der Waals surface area contributed by atoms with E-state index < -0.39 is 16.4 Å². The number of benzene rings is 1. The monoisotopic (exact) mass is 295 g/mol. The van der Waals surface area contributed by atoms with Crippen molar-refractivity contribution in [2.45, 2.75) is 38.8 Å². The Labute approximate surface area is 124 Å². The highest BCUT2D eigenvalue weighted by Crippen LogP contribution is 2.18. The van der Waals surface area contributed by atoms with Crippen molar-refractivity contribution in [2.24, 2.45) is 0 Å². The molecule has 1 aliphatic heterocycles. The third-order valence-electron chi connectivity index (χ3n) is 3.99. The van der Waals surface area contributed by atoms with Gasteiger partial charge in [0.15, 0.2) is 0 Å². The number of likely N-dealkylation sites (tertiary alicyclic amines) is 1. The summed E-state index contributed by atoms with van der Waals surface area (Å²) >= 11 is 0. The molecule has 0 spiro atoms. The van der Waals surface area contributed by atoms with E-state index in [2.05, 4.69) is 17.1 Å². The third kappa shape index (κ3) is 4.47. The molecule has 116 valence electrons. The third-order valence-corrected chi connectivity index (χ3v) is 3.99. The topological polar surface area (TPSA) is 58.4 Å². The molecule has 2 rings (SSSR count). The van der Waals surface area contributed by atoms with E-state index >= 15 is 0 Å². The first kappa shape index (κ1) is 15.9. The minimum absolute atomic E-state index is 0.452. The van der Waals surface area contributed by atoms with Crippen molar-refractivity contribution in [3.8, 4) is 0 Å². The van der Waals surface area contributed by atoms with Gasteiger partial charge in [-0.1, -0.05) is 12.5 Å². The fourth-order valence-corrected chi connectivity index (χ4v) is 2.72. The van der Waals surface area contributed by atoms with Crippen LogP contribution in [0.4, 0.5) is 10.1 Å². The predicted octanol–water partition coefficient (Wildman–Crippen LogP) is 2.70. The summed E-state index contributed by atoms with van der Waals surface area (Å²) in [5, 5.41) is 13.9. The van der Waals surface area contributed by atoms with Gasteiger partial charge in [-0.3, -0.25) is 15.0 Å². The van der Waals surface area contributed by atoms with Gasteiger partial charge in [-0.15, -0.1) is 0 Å². The zero-order valence-corrected chi connectivity index (χ0v) is 12.3. The van der Waals surface area contributed by atoms with E-state index in [-0.39, 0.29) is 0 Å². The van der Waals surface area contributed by atoms with Gasteiger partial charge in [0.2, 0.25) is 5.82 Å². The molecule has 0 radical (unpaired) electrons. The van der Waals surface area contributed by atoms with Crippen LogP contribution in [0, 0.1) is 15.9 Å². The Bertz CT molecular complexity index is 490. The number of nitrogens with zero attached hydrogens (tertiary/aromatic N) is 2. The molecule has 0 bridgehead atoms. The summed E-state index contributed by atoms with van der Waals surface area (Å²) < 4.78 is 13.5. The Morgan fingerprint density at radius 3 is 2.71 bits per heavy atom. The number of nitrogens with one attached hydrogen (secondary N) is 1. The van der Waals surface area contributed by atoms with Crippen LogP contribution in [0.15, 0.2) is 18.2 Å². The second-order valence-corrected chi connectivity index (χ2v) is 5.62. The van der Waals surface area contributed by atoms with Crippen LogP contribution in [0.1, 0.15) is 31.7 Å². The van der Waals surface area contributed by atoms with Gasteiger partial charge in [-0.2, -0.15) is 4.39 Å². The normalized spacial score (nSPS) is 17.6. The second kappa shape index (κ2) is 7.47. The lowest BCUT2D eigenvalue weighted by Crippen LogP contribution is -2.42. The van der Waals surface area contributed by atoms with Crippen molar-refractivity contribution in [3.63, 3.8) is 0 Å². The zero-order valence-electron chi connectivity index (χ0n) is 12.3. The van der Waals surface area contributed by atoms with Crippen molar-refractivity contribution in [1.29, 1.82) is 0 Å². The van der Waals surface area contributed by atoms with E-state index in [1.807, 2.05) is 0 Å². The van der Waals surface area contributed by atoms with Crippen LogP contribution < -0.4 is 5.32 Å². The summed E-state index contributed by atoms with van der Waals surface area (Å²) in [5.41, 5.74) is 0.254. The SMILES string of the molecule is CC(CNCc1ccc([N+](=O)[O-])c(F)c1)N1CCCCC1. The smallest absolute Gasteiger partial charge is 0.304 e. The molecule has 1 N–H and O–H groups in total. The van der Waals surface area contributed by atoms with Crippen molar-refractivity contribution in [2.75, 3.05) is 19.6 Å². The highest BCUT2D eigenvalue weighted by Gasteiger charge is 2.16. The second-order valence-electron chi connectivity index (χ2n) is 5.62. The molecule has 1 fully saturated rings. The van der Waals surface area contributed by atoms with Gasteiger partial charge < -0.3 is 5.32 Å². The van der Waals surface area contributed by atoms with Crippen LogP contribution in [0.5, 0.6) is 0 Å². The summed E-state index contributed by atoms with van der Waals surface area (Å²) in [6, 6.07) is 4.50. The fourth-order valence-electron chi connectivity index (χ4n) is 2.72. The Morgan fingerprint density at radius 1 is 1.38 bits per heavy atom. The number of nitro benzene ring substituents is 1. The highest BCUT2D eigenvalue weighted by molar-refractivity contribution is 5.34. The Balaban J connectivity index is 1.80. The first-order valence-corrected chi connectivity index (χ1v) is 7.45. The van der Waals surface area contributed by atoms with Gasteiger partial charge >= 0.3 is 5.69 Å². The van der Waals surface area contributed by atoms with Crippen LogP contribution >= 0.6 is 0 Å². The molecule has 21 heavy (non-hydrogen) atoms. The van der Waals surface area contributed by atoms with Gasteiger partial charge in [0.25, 0.3) is 0 Å². The molecule has 1 aromatic carbocycles. The Hall–Kier alpha value is -1.53. The fraction of sp³-hybridized carbons (Fsp3) is 0.600. The summed E-state index contributed by atoms with van der Waals surface area (Å²) in [5.74, 6) is -0.775. The van der Waals surface area contributed by atoms with Crippen molar-refractivity contribution >= 4 is 5.69 Å². The first-order chi connectivity index (χ1) is 10.1. The predicted molar refractivity (Wildman–Crippen MR) is 79.6 cm³/mol. The molecule has 1 aromatic rings. The van der Waals surface area contributed by atoms with Gasteiger partial charge in [0, 0.05) is 25.2 Å². The number of piperidine rings is 1. The van der Waals surface area contributed by atoms with E-state index in [1.165, 1.54) is 31.4 Å². The summed E-state index contributed by atoms with van der Waals surface area (Å²) in [6.45, 7) is 5.84. The molecule has 6 heteroatoms. The van der Waals surface area contributed by atoms with E-state index in [1.54, 1.807) is 6.07 Å². The molecule has 1 aliphatic rings. The quantitative estimate of drug-likeness (QED) is 0.647. The van der Waals surface area contributed by atoms with Gasteiger partial charge in [0.1, 0.15) is 0 Å². The summed E-state index contributed by atoms with van der Waals surface area (Å²) in [7, 11) is 0. The van der Waals surface area contributed by atoms with Crippen LogP contribution in [-0.2, 0) is 6.54 Å². The van der Waals surface area contributed by atoms with Crippen LogP contribution in [0.3, 0.4) is 0 Å². The maximum atomic E-state index is 13.5. The molecular formula is C15H22FN3O2. The van der Waals surface area contributed by atoms with Crippen molar-refractivity contribution in [1.82, 2.24) is 10.2 Å². The Kier molecular flexibility index (Phi) is 5.64. The first-order valence-electron chi connectivity index (χ1n) is 7.45. The maximum absolute atomic E-state index is 13.5. The lowest BCUT2D eigenvalue weighted by atomic mass is 10.1. The molecule has 0 aliphatic carbocycles. The van der Waals surface area contributed by atoms with Crippen LogP contribution in [-0.4, -0.2) is 35.5 Å². The molecule has 1 saturated heterocycles. The van der Waals surface area contributed by atoms with E-state index in [0.717, 1.165) is 25.2 Å². The molecule has 1 heterocycles. The summed E-state index contributed by atoms with van der Waals surface area (Å²) in [6.07, 6.45) is 3.84. The van der Waals surface area contributed by atoms with Gasteiger partial charge in [-0.05, 0) is 44.5 Å². The van der Waals surface area contributed by atoms with E-state index in [0.29, 0.717) is 12.6 Å². The van der Waals surface area contributed by atoms with Crippen molar-refractivity contribution in [3.05, 3.63) is 39.7 Å². The molecule has 5 nitrogen and oxygen atoms in total. The number of halogens is 1. The molecule has 1 unspecified atom stereocenters. The van der Waals surface area contributed by atoms with Crippen LogP contribution in [0.2, 0.25) is 0 Å². The maximum Gasteiger partial charge on any atom is 0.304 e. The number of rotatable bonds is 6. The minimum Gasteiger partial charge on any atom is -0.311 e. The standard InChI is InChI=1S/C15H22FN3O2/c1-12(18-7-3-2-4-8-18)10-17-11-13-5-6-15(19(20)21)14(16)9-13/h5-6,9,12,17H,2-4,7-8,10-11H2,1H3. The minimum atomic E-state index is -0.775. The number of hydrogen-bond acceptors (Lipinski definition) is 4. The molecular weight excluding hydrogens is 273 g/mol. The Morgan fingerprint density at radius 2 is 2.10 bits per heavy atom. The summed E-state index contributed by atoms with van der Waals surface area (Å²) in [4.78, 5) is 12.3. The molecule has 1 atom stereocenters. The average Bonchev–Trinajstić information content (AvgIpc) is 2.47. The zero-order chi connectivity index (χ0) is 15.2. The largest absolute Gasteiger partial charge is 0.311 e. The van der Waals surface area contributed by atoms with Crippen LogP contribution in [0.25, 0.3) is 0 Å². The highest BCUT2D eigenvalue weighted by atomic mass is 19.1.